The lowest BCUT2D eigenvalue weighted by Gasteiger charge is -2.13. The van der Waals surface area contributed by atoms with Gasteiger partial charge in [-0.1, -0.05) is 30.4 Å². The van der Waals surface area contributed by atoms with Crippen LogP contribution in [-0.4, -0.2) is 41.2 Å². The molecule has 0 unspecified atom stereocenters. The number of amides is 1. The van der Waals surface area contributed by atoms with Gasteiger partial charge in [0.2, 0.25) is 10.0 Å². The number of aliphatic carboxylic acids is 1. The molecule has 0 bridgehead atoms. The Bertz CT molecular complexity index is 1140. The number of primary sulfonamides is 1. The molecule has 0 spiro atoms. The zero-order chi connectivity index (χ0) is 22.6. The molecule has 0 radical (unpaired) electrons. The van der Waals surface area contributed by atoms with Crippen LogP contribution in [-0.2, 0) is 19.6 Å². The third-order valence-corrected chi connectivity index (χ3v) is 6.82. The van der Waals surface area contributed by atoms with Crippen molar-refractivity contribution in [3.63, 3.8) is 0 Å². The molecule has 1 fully saturated rings. The Labute approximate surface area is 189 Å². The van der Waals surface area contributed by atoms with Gasteiger partial charge in [0.05, 0.1) is 9.80 Å². The van der Waals surface area contributed by atoms with E-state index in [1.54, 1.807) is 30.3 Å². The van der Waals surface area contributed by atoms with Crippen LogP contribution in [0, 0.1) is 0 Å². The highest BCUT2D eigenvalue weighted by Crippen LogP contribution is 2.34. The van der Waals surface area contributed by atoms with E-state index in [9.17, 15) is 18.0 Å². The van der Waals surface area contributed by atoms with Gasteiger partial charge in [-0.3, -0.25) is 14.5 Å². The van der Waals surface area contributed by atoms with Crippen LogP contribution in [0.5, 0.6) is 0 Å². The summed E-state index contributed by atoms with van der Waals surface area (Å²) in [6, 6.07) is 9.41. The van der Waals surface area contributed by atoms with Crippen molar-refractivity contribution in [1.29, 1.82) is 0 Å². The number of furan rings is 1. The maximum Gasteiger partial charge on any atom is 0.303 e. The highest BCUT2D eigenvalue weighted by atomic mass is 32.2. The molecule has 1 aliphatic rings. The number of thiocarbonyl (C=S) groups is 1. The summed E-state index contributed by atoms with van der Waals surface area (Å²) in [5.41, 5.74) is 0.668. The number of hydrogen-bond acceptors (Lipinski definition) is 7. The smallest absolute Gasteiger partial charge is 0.303 e. The summed E-state index contributed by atoms with van der Waals surface area (Å²) in [4.78, 5) is 25.2. The molecule has 2 aromatic rings. The summed E-state index contributed by atoms with van der Waals surface area (Å²) in [7, 11) is -3.77. The average molecular weight is 481 g/mol. The Balaban J connectivity index is 1.65. The Morgan fingerprint density at radius 1 is 1.16 bits per heavy atom. The van der Waals surface area contributed by atoms with Crippen molar-refractivity contribution in [2.75, 3.05) is 6.54 Å². The fourth-order valence-electron chi connectivity index (χ4n) is 2.94. The highest BCUT2D eigenvalue weighted by Gasteiger charge is 2.31. The fourth-order valence-corrected chi connectivity index (χ4v) is 4.74. The van der Waals surface area contributed by atoms with E-state index in [1.165, 1.54) is 28.8 Å². The molecule has 1 saturated heterocycles. The SMILES string of the molecule is NS(=O)(=O)c1ccc(-c2ccc(/C=C3/SC(=S)N(CCCCCC(=O)O)C3=O)o2)cc1. The first-order valence-electron chi connectivity index (χ1n) is 9.35. The van der Waals surface area contributed by atoms with Crippen LogP contribution in [0.25, 0.3) is 17.4 Å². The first-order valence-corrected chi connectivity index (χ1v) is 12.1. The fraction of sp³-hybridized carbons (Fsp3) is 0.250. The van der Waals surface area contributed by atoms with Crippen LogP contribution in [0.1, 0.15) is 31.4 Å². The number of hydrogen-bond donors (Lipinski definition) is 2. The van der Waals surface area contributed by atoms with Gasteiger partial charge >= 0.3 is 5.97 Å². The molecule has 3 rings (SSSR count). The summed E-state index contributed by atoms with van der Waals surface area (Å²) in [6.45, 7) is 0.446. The molecule has 164 valence electrons. The van der Waals surface area contributed by atoms with Crippen LogP contribution in [0.4, 0.5) is 0 Å². The number of nitrogens with zero attached hydrogens (tertiary/aromatic N) is 1. The Morgan fingerprint density at radius 2 is 1.87 bits per heavy atom. The lowest BCUT2D eigenvalue weighted by atomic mass is 10.2. The predicted molar refractivity (Wildman–Crippen MR) is 122 cm³/mol. The minimum absolute atomic E-state index is 0.00895. The minimum Gasteiger partial charge on any atom is -0.481 e. The maximum absolute atomic E-state index is 12.6. The molecule has 3 N–H and O–H groups in total. The second-order valence-electron chi connectivity index (χ2n) is 6.81. The summed E-state index contributed by atoms with van der Waals surface area (Å²) in [5.74, 6) is -0.0518. The average Bonchev–Trinajstić information content (AvgIpc) is 3.27. The van der Waals surface area contributed by atoms with Crippen molar-refractivity contribution in [3.05, 3.63) is 47.1 Å². The van der Waals surface area contributed by atoms with E-state index in [-0.39, 0.29) is 17.2 Å². The number of carboxylic acid groups (broad SMARTS) is 1. The zero-order valence-corrected chi connectivity index (χ0v) is 18.8. The molecule has 2 heterocycles. The largest absolute Gasteiger partial charge is 0.481 e. The summed E-state index contributed by atoms with van der Waals surface area (Å²) >= 11 is 6.49. The predicted octanol–water partition coefficient (Wildman–Crippen LogP) is 3.44. The molecule has 0 atom stereocenters. The van der Waals surface area contributed by atoms with E-state index in [0.717, 1.165) is 0 Å². The van der Waals surface area contributed by atoms with Gasteiger partial charge in [-0.2, -0.15) is 0 Å². The number of nitrogens with two attached hydrogens (primary N) is 1. The Morgan fingerprint density at radius 3 is 2.52 bits per heavy atom. The zero-order valence-electron chi connectivity index (χ0n) is 16.3. The number of carbonyl (C=O) groups is 2. The second kappa shape index (κ2) is 9.77. The molecule has 31 heavy (non-hydrogen) atoms. The second-order valence-corrected chi connectivity index (χ2v) is 10.0. The van der Waals surface area contributed by atoms with E-state index >= 15 is 0 Å². The van der Waals surface area contributed by atoms with Crippen molar-refractivity contribution in [2.45, 2.75) is 30.6 Å². The summed E-state index contributed by atoms with van der Waals surface area (Å²) in [5, 5.41) is 13.8. The van der Waals surface area contributed by atoms with Gasteiger partial charge in [-0.25, -0.2) is 13.6 Å². The molecule has 1 aromatic heterocycles. The molecule has 1 aromatic carbocycles. The number of benzene rings is 1. The van der Waals surface area contributed by atoms with Crippen LogP contribution >= 0.6 is 24.0 Å². The molecular formula is C20H20N2O6S3. The molecule has 0 aliphatic carbocycles. The number of unbranched alkanes of at least 4 members (excludes halogenated alkanes) is 2. The summed E-state index contributed by atoms with van der Waals surface area (Å²) < 4.78 is 29.0. The Kier molecular flexibility index (Phi) is 7.31. The van der Waals surface area contributed by atoms with Crippen molar-refractivity contribution in [2.24, 2.45) is 5.14 Å². The lowest BCUT2D eigenvalue weighted by Crippen LogP contribution is -2.29. The number of rotatable bonds is 9. The van der Waals surface area contributed by atoms with Crippen LogP contribution in [0.3, 0.4) is 0 Å². The van der Waals surface area contributed by atoms with Gasteiger partial charge in [-0.15, -0.1) is 0 Å². The third kappa shape index (κ3) is 6.03. The van der Waals surface area contributed by atoms with Gasteiger partial charge in [-0.05, 0) is 49.2 Å². The van der Waals surface area contributed by atoms with E-state index in [2.05, 4.69) is 0 Å². The van der Waals surface area contributed by atoms with Gasteiger partial charge < -0.3 is 9.52 Å². The first kappa shape index (κ1) is 23.2. The molecule has 1 aliphatic heterocycles. The minimum atomic E-state index is -3.77. The summed E-state index contributed by atoms with van der Waals surface area (Å²) in [6.07, 6.45) is 3.67. The number of thioether (sulfide) groups is 1. The maximum atomic E-state index is 12.6. The van der Waals surface area contributed by atoms with Gasteiger partial charge in [0.15, 0.2) is 0 Å². The lowest BCUT2D eigenvalue weighted by molar-refractivity contribution is -0.137. The van der Waals surface area contributed by atoms with Gasteiger partial charge in [0.25, 0.3) is 5.91 Å². The Hall–Kier alpha value is -2.47. The van der Waals surface area contributed by atoms with Crippen LogP contribution in [0.15, 0.2) is 50.6 Å². The van der Waals surface area contributed by atoms with Gasteiger partial charge in [0, 0.05) is 24.6 Å². The molecule has 8 nitrogen and oxygen atoms in total. The van der Waals surface area contributed by atoms with Crippen molar-refractivity contribution in [3.8, 4) is 11.3 Å². The topological polar surface area (TPSA) is 131 Å². The standard InChI is InChI=1S/C20H20N2O6S3/c21-31(26,27)15-8-5-13(6-9-15)16-10-7-14(28-16)12-17-19(25)22(20(29)30-17)11-3-1-2-4-18(23)24/h5-10,12H,1-4,11H2,(H,23,24)(H2,21,26,27)/b17-12+. The number of sulfonamides is 1. The van der Waals surface area contributed by atoms with E-state index in [1.807, 2.05) is 0 Å². The van der Waals surface area contributed by atoms with E-state index in [0.29, 0.717) is 52.1 Å². The van der Waals surface area contributed by atoms with Crippen LogP contribution in [0.2, 0.25) is 0 Å². The first-order chi connectivity index (χ1) is 14.6. The van der Waals surface area contributed by atoms with E-state index in [4.69, 9.17) is 26.9 Å². The molecule has 1 amide bonds. The monoisotopic (exact) mass is 480 g/mol. The van der Waals surface area contributed by atoms with E-state index < -0.39 is 16.0 Å². The van der Waals surface area contributed by atoms with Crippen molar-refractivity contribution < 1.29 is 27.5 Å². The van der Waals surface area contributed by atoms with Gasteiger partial charge in [0.1, 0.15) is 15.8 Å². The number of carboxylic acids is 1. The van der Waals surface area contributed by atoms with Crippen molar-refractivity contribution in [1.82, 2.24) is 4.90 Å². The number of carbonyl (C=O) groups excluding carboxylic acids is 1. The third-order valence-electron chi connectivity index (χ3n) is 4.51. The molecule has 0 saturated carbocycles. The quantitative estimate of drug-likeness (QED) is 0.317. The molecular weight excluding hydrogens is 460 g/mol. The van der Waals surface area contributed by atoms with Crippen molar-refractivity contribution >= 4 is 56.3 Å². The highest BCUT2D eigenvalue weighted by molar-refractivity contribution is 8.26. The van der Waals surface area contributed by atoms with Crippen LogP contribution < -0.4 is 5.14 Å². The molecule has 11 heteroatoms. The normalized spacial score (nSPS) is 15.8.